The highest BCUT2D eigenvalue weighted by atomic mass is 16.5. The Kier molecular flexibility index (Phi) is 3.75. The van der Waals surface area contributed by atoms with Crippen LogP contribution >= 0.6 is 0 Å². The molecule has 1 heteroatoms. The zero-order valence-electron chi connectivity index (χ0n) is 9.26. The Morgan fingerprint density at radius 1 is 1.21 bits per heavy atom. The summed E-state index contributed by atoms with van der Waals surface area (Å²) in [5, 5.41) is 0. The molecule has 0 bridgehead atoms. The van der Waals surface area contributed by atoms with Crippen LogP contribution in [0, 0.1) is 13.8 Å². The molecule has 0 N–H and O–H groups in total. The Labute approximate surface area is 86.4 Å². The number of rotatable bonds is 4. The van der Waals surface area contributed by atoms with E-state index in [4.69, 9.17) is 4.74 Å². The van der Waals surface area contributed by atoms with Crippen LogP contribution in [0.5, 0.6) is 5.75 Å². The van der Waals surface area contributed by atoms with Crippen molar-refractivity contribution in [3.63, 3.8) is 0 Å². The van der Waals surface area contributed by atoms with Crippen LogP contribution in [-0.4, -0.2) is 6.61 Å². The third-order valence-corrected chi connectivity index (χ3v) is 2.14. The lowest BCUT2D eigenvalue weighted by Crippen LogP contribution is -1.99. The first-order valence-corrected chi connectivity index (χ1v) is 4.99. The van der Waals surface area contributed by atoms with Gasteiger partial charge in [0.25, 0.3) is 0 Å². The maximum Gasteiger partial charge on any atom is 0.120 e. The van der Waals surface area contributed by atoms with Gasteiger partial charge in [-0.15, -0.1) is 0 Å². The fourth-order valence-electron chi connectivity index (χ4n) is 1.30. The molecule has 1 rings (SSSR count). The van der Waals surface area contributed by atoms with Crippen LogP contribution in [0.4, 0.5) is 0 Å². The summed E-state index contributed by atoms with van der Waals surface area (Å²) in [7, 11) is 0. The first kappa shape index (κ1) is 10.8. The van der Waals surface area contributed by atoms with E-state index in [9.17, 15) is 0 Å². The molecule has 0 saturated carbocycles. The van der Waals surface area contributed by atoms with E-state index in [-0.39, 0.29) is 0 Å². The smallest absolute Gasteiger partial charge is 0.120 e. The largest absolute Gasteiger partial charge is 0.489 e. The summed E-state index contributed by atoms with van der Waals surface area (Å²) >= 11 is 0. The Bertz CT molecular complexity index is 306. The Hall–Kier alpha value is -1.24. The fraction of sp³-hybridized carbons (Fsp3) is 0.385. The molecule has 0 unspecified atom stereocenters. The van der Waals surface area contributed by atoms with E-state index in [2.05, 4.69) is 45.5 Å². The molecule has 1 aromatic rings. The molecule has 1 nitrogen and oxygen atoms in total. The molecule has 0 aliphatic heterocycles. The van der Waals surface area contributed by atoms with Gasteiger partial charge in [-0.1, -0.05) is 19.6 Å². The second kappa shape index (κ2) is 4.85. The van der Waals surface area contributed by atoms with Gasteiger partial charge >= 0.3 is 0 Å². The van der Waals surface area contributed by atoms with Gasteiger partial charge in [0, 0.05) is 0 Å². The van der Waals surface area contributed by atoms with E-state index in [0.717, 1.165) is 17.7 Å². The first-order chi connectivity index (χ1) is 6.61. The predicted octanol–water partition coefficient (Wildman–Crippen LogP) is 3.65. The zero-order valence-corrected chi connectivity index (χ0v) is 9.26. The molecule has 0 saturated heterocycles. The van der Waals surface area contributed by atoms with Crippen molar-refractivity contribution in [1.29, 1.82) is 0 Å². The highest BCUT2D eigenvalue weighted by molar-refractivity contribution is 5.33. The second-order valence-electron chi connectivity index (χ2n) is 3.72. The zero-order chi connectivity index (χ0) is 10.6. The molecule has 0 aliphatic rings. The molecule has 0 amide bonds. The van der Waals surface area contributed by atoms with Crippen LogP contribution in [0.3, 0.4) is 0 Å². The third kappa shape index (κ3) is 3.25. The molecule has 0 atom stereocenters. The highest BCUT2D eigenvalue weighted by Crippen LogP contribution is 2.16. The van der Waals surface area contributed by atoms with E-state index >= 15 is 0 Å². The van der Waals surface area contributed by atoms with E-state index in [1.54, 1.807) is 0 Å². The minimum atomic E-state index is 0.624. The monoisotopic (exact) mass is 190 g/mol. The molecule has 1 aromatic carbocycles. The van der Waals surface area contributed by atoms with Crippen molar-refractivity contribution < 1.29 is 4.74 Å². The summed E-state index contributed by atoms with van der Waals surface area (Å²) in [6.07, 6.45) is 0.977. The van der Waals surface area contributed by atoms with Crippen molar-refractivity contribution in [2.45, 2.75) is 27.2 Å². The molecule has 0 heterocycles. The highest BCUT2D eigenvalue weighted by Gasteiger charge is 1.97. The molecular weight excluding hydrogens is 172 g/mol. The Morgan fingerprint density at radius 2 is 1.79 bits per heavy atom. The summed E-state index contributed by atoms with van der Waals surface area (Å²) in [5.41, 5.74) is 3.60. The van der Waals surface area contributed by atoms with Gasteiger partial charge in [-0.25, -0.2) is 0 Å². The van der Waals surface area contributed by atoms with Gasteiger partial charge in [0.2, 0.25) is 0 Å². The van der Waals surface area contributed by atoms with Gasteiger partial charge in [-0.05, 0) is 49.1 Å². The SMILES string of the molecule is C=C(CC)COc1cc(C)cc(C)c1. The maximum atomic E-state index is 5.62. The van der Waals surface area contributed by atoms with Crippen LogP contribution in [0.25, 0.3) is 0 Å². The second-order valence-corrected chi connectivity index (χ2v) is 3.72. The predicted molar refractivity (Wildman–Crippen MR) is 60.8 cm³/mol. The lowest BCUT2D eigenvalue weighted by atomic mass is 10.1. The average Bonchev–Trinajstić information content (AvgIpc) is 2.12. The van der Waals surface area contributed by atoms with Crippen LogP contribution in [0.1, 0.15) is 24.5 Å². The van der Waals surface area contributed by atoms with Crippen molar-refractivity contribution in [1.82, 2.24) is 0 Å². The van der Waals surface area contributed by atoms with Crippen molar-refractivity contribution in [3.8, 4) is 5.75 Å². The first-order valence-electron chi connectivity index (χ1n) is 4.99. The summed E-state index contributed by atoms with van der Waals surface area (Å²) in [5.74, 6) is 0.942. The molecule has 0 radical (unpaired) electrons. The topological polar surface area (TPSA) is 9.23 Å². The Morgan fingerprint density at radius 3 is 2.29 bits per heavy atom. The molecule has 0 aromatic heterocycles. The Balaban J connectivity index is 2.63. The molecule has 0 aliphatic carbocycles. The van der Waals surface area contributed by atoms with E-state index in [0.29, 0.717) is 6.61 Å². The van der Waals surface area contributed by atoms with Crippen LogP contribution in [-0.2, 0) is 0 Å². The molecule has 0 fully saturated rings. The van der Waals surface area contributed by atoms with Crippen molar-refractivity contribution >= 4 is 0 Å². The molecule has 14 heavy (non-hydrogen) atoms. The van der Waals surface area contributed by atoms with Crippen LogP contribution in [0.2, 0.25) is 0 Å². The van der Waals surface area contributed by atoms with Crippen molar-refractivity contribution in [2.75, 3.05) is 6.61 Å². The van der Waals surface area contributed by atoms with Gasteiger partial charge < -0.3 is 4.74 Å². The van der Waals surface area contributed by atoms with Crippen molar-refractivity contribution in [3.05, 3.63) is 41.5 Å². The van der Waals surface area contributed by atoms with Crippen LogP contribution in [0.15, 0.2) is 30.4 Å². The standard InChI is InChI=1S/C13H18O/c1-5-10(2)9-14-13-7-11(3)6-12(4)8-13/h6-8H,2,5,9H2,1,3-4H3. The number of aryl methyl sites for hydroxylation is 2. The van der Waals surface area contributed by atoms with Gasteiger partial charge in [0.05, 0.1) is 0 Å². The lowest BCUT2D eigenvalue weighted by molar-refractivity contribution is 0.348. The minimum Gasteiger partial charge on any atom is -0.489 e. The third-order valence-electron chi connectivity index (χ3n) is 2.14. The quantitative estimate of drug-likeness (QED) is 0.658. The number of hydrogen-bond acceptors (Lipinski definition) is 1. The summed E-state index contributed by atoms with van der Waals surface area (Å²) in [4.78, 5) is 0. The maximum absolute atomic E-state index is 5.62. The minimum absolute atomic E-state index is 0.624. The number of ether oxygens (including phenoxy) is 1. The normalized spacial score (nSPS) is 9.93. The molecular formula is C13H18O. The number of hydrogen-bond donors (Lipinski definition) is 0. The fourth-order valence-corrected chi connectivity index (χ4v) is 1.30. The average molecular weight is 190 g/mol. The summed E-state index contributed by atoms with van der Waals surface area (Å²) in [6, 6.07) is 6.24. The van der Waals surface area contributed by atoms with E-state index in [1.165, 1.54) is 11.1 Å². The van der Waals surface area contributed by atoms with E-state index in [1.807, 2.05) is 0 Å². The summed E-state index contributed by atoms with van der Waals surface area (Å²) in [6.45, 7) is 10.8. The van der Waals surface area contributed by atoms with Gasteiger partial charge in [-0.2, -0.15) is 0 Å². The summed E-state index contributed by atoms with van der Waals surface area (Å²) < 4.78 is 5.62. The lowest BCUT2D eigenvalue weighted by Gasteiger charge is -2.08. The van der Waals surface area contributed by atoms with Gasteiger partial charge in [-0.3, -0.25) is 0 Å². The van der Waals surface area contributed by atoms with Gasteiger partial charge in [0.1, 0.15) is 12.4 Å². The van der Waals surface area contributed by atoms with Crippen LogP contribution < -0.4 is 4.74 Å². The molecule has 0 spiro atoms. The molecule has 76 valence electrons. The van der Waals surface area contributed by atoms with Gasteiger partial charge in [0.15, 0.2) is 0 Å². The number of benzene rings is 1. The van der Waals surface area contributed by atoms with Crippen molar-refractivity contribution in [2.24, 2.45) is 0 Å². The van der Waals surface area contributed by atoms with E-state index < -0.39 is 0 Å².